The SMILES string of the molecule is CCC1c2c(ncn2CC)CCN1C(=O)OCc1ccccc1. The predicted molar refractivity (Wildman–Crippen MR) is 88.0 cm³/mol. The van der Waals surface area contributed by atoms with Crippen LogP contribution in [0.1, 0.15) is 43.3 Å². The molecule has 0 N–H and O–H groups in total. The van der Waals surface area contributed by atoms with E-state index in [1.54, 1.807) is 0 Å². The quantitative estimate of drug-likeness (QED) is 0.867. The van der Waals surface area contributed by atoms with E-state index in [0.29, 0.717) is 13.2 Å². The predicted octanol–water partition coefficient (Wildman–Crippen LogP) is 3.55. The van der Waals surface area contributed by atoms with E-state index in [-0.39, 0.29) is 12.1 Å². The molecule has 0 fully saturated rings. The fourth-order valence-electron chi connectivity index (χ4n) is 3.23. The molecule has 2 aromatic rings. The number of hydrogen-bond acceptors (Lipinski definition) is 3. The van der Waals surface area contributed by atoms with E-state index in [9.17, 15) is 4.79 Å². The Morgan fingerprint density at radius 2 is 2.09 bits per heavy atom. The topological polar surface area (TPSA) is 47.4 Å². The van der Waals surface area contributed by atoms with Crippen LogP contribution in [0.5, 0.6) is 0 Å². The standard InChI is InChI=1S/C18H23N3O2/c1-3-16-17-15(19-13-20(17)4-2)10-11-21(16)18(22)23-12-14-8-6-5-7-9-14/h5-9,13,16H,3-4,10-12H2,1-2H3. The van der Waals surface area contributed by atoms with E-state index in [1.807, 2.05) is 41.6 Å². The van der Waals surface area contributed by atoms with E-state index < -0.39 is 0 Å². The molecule has 5 nitrogen and oxygen atoms in total. The van der Waals surface area contributed by atoms with Crippen LogP contribution >= 0.6 is 0 Å². The number of aryl methyl sites for hydroxylation is 1. The van der Waals surface area contributed by atoms with Crippen LogP contribution in [0.4, 0.5) is 4.79 Å². The van der Waals surface area contributed by atoms with Crippen molar-refractivity contribution in [3.05, 3.63) is 53.6 Å². The summed E-state index contributed by atoms with van der Waals surface area (Å²) in [5, 5.41) is 0. The number of hydrogen-bond donors (Lipinski definition) is 0. The summed E-state index contributed by atoms with van der Waals surface area (Å²) in [6.07, 6.45) is 3.29. The van der Waals surface area contributed by atoms with Gasteiger partial charge in [0.25, 0.3) is 0 Å². The first-order valence-electron chi connectivity index (χ1n) is 8.25. The third kappa shape index (κ3) is 3.09. The van der Waals surface area contributed by atoms with Gasteiger partial charge in [-0.2, -0.15) is 0 Å². The Balaban J connectivity index is 1.73. The number of aromatic nitrogens is 2. The minimum Gasteiger partial charge on any atom is -0.445 e. The van der Waals surface area contributed by atoms with Gasteiger partial charge in [-0.05, 0) is 18.9 Å². The molecule has 5 heteroatoms. The Labute approximate surface area is 136 Å². The van der Waals surface area contributed by atoms with E-state index in [2.05, 4.69) is 23.4 Å². The third-order valence-corrected chi connectivity index (χ3v) is 4.41. The summed E-state index contributed by atoms with van der Waals surface area (Å²) in [6, 6.07) is 9.83. The average Bonchev–Trinajstić information content (AvgIpc) is 3.03. The van der Waals surface area contributed by atoms with Gasteiger partial charge in [0.05, 0.1) is 23.8 Å². The molecule has 1 aliphatic rings. The minimum atomic E-state index is -0.241. The molecular formula is C18H23N3O2. The van der Waals surface area contributed by atoms with Crippen molar-refractivity contribution in [1.29, 1.82) is 0 Å². The van der Waals surface area contributed by atoms with Gasteiger partial charge in [-0.25, -0.2) is 9.78 Å². The first-order valence-corrected chi connectivity index (χ1v) is 8.25. The number of fused-ring (bicyclic) bond motifs is 1. The van der Waals surface area contributed by atoms with Gasteiger partial charge >= 0.3 is 6.09 Å². The number of amides is 1. The Morgan fingerprint density at radius 3 is 2.78 bits per heavy atom. The van der Waals surface area contributed by atoms with Crippen molar-refractivity contribution in [3.8, 4) is 0 Å². The monoisotopic (exact) mass is 313 g/mol. The highest BCUT2D eigenvalue weighted by Crippen LogP contribution is 2.32. The number of carbonyl (C=O) groups is 1. The second-order valence-corrected chi connectivity index (χ2v) is 5.77. The molecule has 2 heterocycles. The number of benzene rings is 1. The Bertz CT molecular complexity index is 653. The zero-order valence-electron chi connectivity index (χ0n) is 13.7. The summed E-state index contributed by atoms with van der Waals surface area (Å²) in [4.78, 5) is 18.9. The van der Waals surface area contributed by atoms with Crippen LogP contribution in [0.25, 0.3) is 0 Å². The van der Waals surface area contributed by atoms with Crippen LogP contribution < -0.4 is 0 Å². The van der Waals surface area contributed by atoms with Crippen molar-refractivity contribution in [2.75, 3.05) is 6.54 Å². The highest BCUT2D eigenvalue weighted by molar-refractivity contribution is 5.68. The Kier molecular flexibility index (Phi) is 4.65. The van der Waals surface area contributed by atoms with Gasteiger partial charge in [0.2, 0.25) is 0 Å². The lowest BCUT2D eigenvalue weighted by Gasteiger charge is -2.35. The Morgan fingerprint density at radius 1 is 1.30 bits per heavy atom. The molecule has 0 saturated heterocycles. The van der Waals surface area contributed by atoms with E-state index in [0.717, 1.165) is 36.3 Å². The largest absolute Gasteiger partial charge is 0.445 e. The maximum Gasteiger partial charge on any atom is 0.410 e. The summed E-state index contributed by atoms with van der Waals surface area (Å²) >= 11 is 0. The molecule has 0 radical (unpaired) electrons. The molecule has 1 unspecified atom stereocenters. The molecule has 1 amide bonds. The van der Waals surface area contributed by atoms with Crippen LogP contribution in [0.3, 0.4) is 0 Å². The second-order valence-electron chi connectivity index (χ2n) is 5.77. The first-order chi connectivity index (χ1) is 11.2. The van der Waals surface area contributed by atoms with Crippen molar-refractivity contribution in [2.45, 2.75) is 45.9 Å². The second kappa shape index (κ2) is 6.86. The average molecular weight is 313 g/mol. The van der Waals surface area contributed by atoms with Gasteiger partial charge in [0, 0.05) is 19.5 Å². The lowest BCUT2D eigenvalue weighted by molar-refractivity contribution is 0.0741. The van der Waals surface area contributed by atoms with E-state index >= 15 is 0 Å². The lowest BCUT2D eigenvalue weighted by atomic mass is 10.0. The number of ether oxygens (including phenoxy) is 1. The van der Waals surface area contributed by atoms with Crippen molar-refractivity contribution in [2.24, 2.45) is 0 Å². The maximum absolute atomic E-state index is 12.5. The summed E-state index contributed by atoms with van der Waals surface area (Å²) in [5.74, 6) is 0. The molecule has 0 saturated carbocycles. The van der Waals surface area contributed by atoms with Gasteiger partial charge < -0.3 is 9.30 Å². The highest BCUT2D eigenvalue weighted by Gasteiger charge is 2.33. The number of nitrogens with zero attached hydrogens (tertiary/aromatic N) is 3. The normalized spacial score (nSPS) is 17.0. The molecular weight excluding hydrogens is 290 g/mol. The van der Waals surface area contributed by atoms with Crippen LogP contribution in [-0.2, 0) is 24.3 Å². The van der Waals surface area contributed by atoms with Crippen LogP contribution in [0.2, 0.25) is 0 Å². The summed E-state index contributed by atoms with van der Waals surface area (Å²) < 4.78 is 7.66. The molecule has 122 valence electrons. The Hall–Kier alpha value is -2.30. The number of carbonyl (C=O) groups excluding carboxylic acids is 1. The van der Waals surface area contributed by atoms with Crippen molar-refractivity contribution in [1.82, 2.24) is 14.5 Å². The van der Waals surface area contributed by atoms with Crippen LogP contribution in [0, 0.1) is 0 Å². The van der Waals surface area contributed by atoms with Gasteiger partial charge in [-0.15, -0.1) is 0 Å². The number of imidazole rings is 1. The maximum atomic E-state index is 12.5. The van der Waals surface area contributed by atoms with Gasteiger partial charge in [-0.3, -0.25) is 4.90 Å². The minimum absolute atomic E-state index is 0.0458. The molecule has 1 aliphatic heterocycles. The molecule has 1 atom stereocenters. The first kappa shape index (κ1) is 15.6. The number of rotatable bonds is 4. The van der Waals surface area contributed by atoms with Gasteiger partial charge in [-0.1, -0.05) is 37.3 Å². The smallest absolute Gasteiger partial charge is 0.410 e. The third-order valence-electron chi connectivity index (χ3n) is 4.41. The van der Waals surface area contributed by atoms with Crippen molar-refractivity contribution < 1.29 is 9.53 Å². The van der Waals surface area contributed by atoms with E-state index in [4.69, 9.17) is 4.74 Å². The molecule has 0 spiro atoms. The molecule has 3 rings (SSSR count). The summed E-state index contributed by atoms with van der Waals surface area (Å²) in [5.41, 5.74) is 3.29. The van der Waals surface area contributed by atoms with Gasteiger partial charge in [0.1, 0.15) is 6.61 Å². The summed E-state index contributed by atoms with van der Waals surface area (Å²) in [6.45, 7) is 6.05. The van der Waals surface area contributed by atoms with Crippen LogP contribution in [-0.4, -0.2) is 27.1 Å². The molecule has 0 aliphatic carbocycles. The van der Waals surface area contributed by atoms with Crippen molar-refractivity contribution in [3.63, 3.8) is 0 Å². The fourth-order valence-corrected chi connectivity index (χ4v) is 3.23. The molecule has 23 heavy (non-hydrogen) atoms. The molecule has 1 aromatic carbocycles. The summed E-state index contributed by atoms with van der Waals surface area (Å²) in [7, 11) is 0. The zero-order valence-corrected chi connectivity index (χ0v) is 13.7. The van der Waals surface area contributed by atoms with Crippen LogP contribution in [0.15, 0.2) is 36.7 Å². The lowest BCUT2D eigenvalue weighted by Crippen LogP contribution is -2.41. The van der Waals surface area contributed by atoms with Crippen molar-refractivity contribution >= 4 is 6.09 Å². The molecule has 0 bridgehead atoms. The molecule has 1 aromatic heterocycles. The van der Waals surface area contributed by atoms with Gasteiger partial charge in [0.15, 0.2) is 0 Å². The van der Waals surface area contributed by atoms with E-state index in [1.165, 1.54) is 0 Å². The highest BCUT2D eigenvalue weighted by atomic mass is 16.6. The fraction of sp³-hybridized carbons (Fsp3) is 0.444. The zero-order chi connectivity index (χ0) is 16.2.